The summed E-state index contributed by atoms with van der Waals surface area (Å²) in [7, 11) is 0. The highest BCUT2D eigenvalue weighted by Crippen LogP contribution is 2.27. The lowest BCUT2D eigenvalue weighted by molar-refractivity contribution is -0.119. The van der Waals surface area contributed by atoms with E-state index in [1.165, 1.54) is 38.2 Å². The number of benzene rings is 1. The molecule has 1 fully saturated rings. The Labute approximate surface area is 112 Å². The normalized spacial score (nSPS) is 16.8. The minimum absolute atomic E-state index is 0.0953. The van der Waals surface area contributed by atoms with Crippen LogP contribution in [0.15, 0.2) is 18.2 Å². The van der Waals surface area contributed by atoms with E-state index in [9.17, 15) is 9.18 Å². The second-order valence-corrected chi connectivity index (χ2v) is 5.58. The first kappa shape index (κ1) is 13.5. The first-order chi connectivity index (χ1) is 8.65. The zero-order valence-electron chi connectivity index (χ0n) is 10.4. The van der Waals surface area contributed by atoms with Gasteiger partial charge in [0, 0.05) is 12.8 Å². The van der Waals surface area contributed by atoms with E-state index in [4.69, 9.17) is 11.6 Å². The summed E-state index contributed by atoms with van der Waals surface area (Å²) in [6, 6.07) is 4.52. The van der Waals surface area contributed by atoms with Crippen LogP contribution in [-0.4, -0.2) is 5.78 Å². The lowest BCUT2D eigenvalue weighted by Crippen LogP contribution is -2.13. The third-order valence-corrected chi connectivity index (χ3v) is 3.92. The van der Waals surface area contributed by atoms with Gasteiger partial charge in [-0.25, -0.2) is 4.39 Å². The van der Waals surface area contributed by atoms with Gasteiger partial charge in [0.2, 0.25) is 0 Å². The van der Waals surface area contributed by atoms with Crippen LogP contribution >= 0.6 is 11.6 Å². The van der Waals surface area contributed by atoms with Gasteiger partial charge in [0.15, 0.2) is 0 Å². The summed E-state index contributed by atoms with van der Waals surface area (Å²) in [6.45, 7) is 0. The largest absolute Gasteiger partial charge is 0.299 e. The van der Waals surface area contributed by atoms with E-state index in [-0.39, 0.29) is 10.8 Å². The molecular formula is C15H18ClFO. The Kier molecular flexibility index (Phi) is 4.76. The molecule has 1 aliphatic carbocycles. The molecule has 3 heteroatoms. The molecule has 0 amide bonds. The lowest BCUT2D eigenvalue weighted by Gasteiger charge is -2.20. The zero-order valence-corrected chi connectivity index (χ0v) is 11.2. The molecule has 1 saturated carbocycles. The fourth-order valence-electron chi connectivity index (χ4n) is 2.66. The van der Waals surface area contributed by atoms with Crippen LogP contribution in [0.3, 0.4) is 0 Å². The summed E-state index contributed by atoms with van der Waals surface area (Å²) in [5, 5.41) is 0.0953. The number of halogens is 2. The molecule has 0 spiro atoms. The molecule has 1 nitrogen and oxygen atoms in total. The number of hydrogen-bond acceptors (Lipinski definition) is 1. The predicted octanol–water partition coefficient (Wildman–Crippen LogP) is 4.56. The molecule has 0 heterocycles. The van der Waals surface area contributed by atoms with E-state index >= 15 is 0 Å². The van der Waals surface area contributed by atoms with Crippen molar-refractivity contribution in [3.63, 3.8) is 0 Å². The van der Waals surface area contributed by atoms with Crippen LogP contribution in [0.5, 0.6) is 0 Å². The molecule has 0 bridgehead atoms. The van der Waals surface area contributed by atoms with Gasteiger partial charge in [-0.1, -0.05) is 49.8 Å². The van der Waals surface area contributed by atoms with Crippen molar-refractivity contribution in [3.05, 3.63) is 34.6 Å². The fraction of sp³-hybridized carbons (Fsp3) is 0.533. The second-order valence-electron chi connectivity index (χ2n) is 5.17. The van der Waals surface area contributed by atoms with Crippen molar-refractivity contribution in [2.45, 2.75) is 44.9 Å². The predicted molar refractivity (Wildman–Crippen MR) is 71.3 cm³/mol. The average Bonchev–Trinajstić information content (AvgIpc) is 2.35. The topological polar surface area (TPSA) is 17.1 Å². The van der Waals surface area contributed by atoms with E-state index in [0.29, 0.717) is 18.8 Å². The third-order valence-electron chi connectivity index (χ3n) is 3.63. The summed E-state index contributed by atoms with van der Waals surface area (Å²) in [5.41, 5.74) is 0.808. The Morgan fingerprint density at radius 2 is 2.00 bits per heavy atom. The first-order valence-electron chi connectivity index (χ1n) is 6.61. The van der Waals surface area contributed by atoms with Crippen LogP contribution in [0.2, 0.25) is 5.02 Å². The van der Waals surface area contributed by atoms with E-state index in [2.05, 4.69) is 0 Å². The molecule has 1 aliphatic rings. The van der Waals surface area contributed by atoms with Gasteiger partial charge in [0.05, 0.1) is 5.02 Å². The standard InChI is InChI=1S/C15H18ClFO/c16-14-10-12(6-7-15(14)17)9-13(18)8-11-4-2-1-3-5-11/h6-7,10-11H,1-5,8-9H2. The summed E-state index contributed by atoms with van der Waals surface area (Å²) >= 11 is 5.70. The van der Waals surface area contributed by atoms with Gasteiger partial charge in [0.1, 0.15) is 11.6 Å². The van der Waals surface area contributed by atoms with E-state index in [1.54, 1.807) is 12.1 Å². The maximum Gasteiger partial charge on any atom is 0.141 e. The number of Topliss-reactive ketones (excluding diaryl/α,β-unsaturated/α-hetero) is 1. The van der Waals surface area contributed by atoms with Crippen molar-refractivity contribution in [2.24, 2.45) is 5.92 Å². The Morgan fingerprint density at radius 3 is 2.67 bits per heavy atom. The number of ketones is 1. The Balaban J connectivity index is 1.88. The maximum absolute atomic E-state index is 13.0. The minimum atomic E-state index is -0.430. The first-order valence-corrected chi connectivity index (χ1v) is 6.98. The molecule has 1 aromatic rings. The zero-order chi connectivity index (χ0) is 13.0. The van der Waals surface area contributed by atoms with Crippen LogP contribution in [0, 0.1) is 11.7 Å². The van der Waals surface area contributed by atoms with Crippen molar-refractivity contribution < 1.29 is 9.18 Å². The smallest absolute Gasteiger partial charge is 0.141 e. The lowest BCUT2D eigenvalue weighted by atomic mass is 9.85. The molecule has 0 unspecified atom stereocenters. The SMILES string of the molecule is O=C(Cc1ccc(F)c(Cl)c1)CC1CCCCC1. The van der Waals surface area contributed by atoms with Gasteiger partial charge >= 0.3 is 0 Å². The van der Waals surface area contributed by atoms with E-state index in [1.807, 2.05) is 0 Å². The minimum Gasteiger partial charge on any atom is -0.299 e. The highest BCUT2D eigenvalue weighted by molar-refractivity contribution is 6.30. The number of carbonyl (C=O) groups is 1. The summed E-state index contributed by atoms with van der Waals surface area (Å²) in [5.74, 6) is 0.367. The highest BCUT2D eigenvalue weighted by Gasteiger charge is 2.17. The second kappa shape index (κ2) is 6.33. The maximum atomic E-state index is 13.0. The van der Waals surface area contributed by atoms with Crippen molar-refractivity contribution in [3.8, 4) is 0 Å². The summed E-state index contributed by atoms with van der Waals surface area (Å²) in [4.78, 5) is 11.9. The number of rotatable bonds is 4. The van der Waals surface area contributed by atoms with Crippen LogP contribution in [0.25, 0.3) is 0 Å². The number of hydrogen-bond donors (Lipinski definition) is 0. The van der Waals surface area contributed by atoms with Crippen LogP contribution in [-0.2, 0) is 11.2 Å². The molecule has 0 aromatic heterocycles. The van der Waals surface area contributed by atoms with Gasteiger partial charge in [-0.15, -0.1) is 0 Å². The fourth-order valence-corrected chi connectivity index (χ4v) is 2.87. The van der Waals surface area contributed by atoms with Crippen LogP contribution in [0.1, 0.15) is 44.1 Å². The Morgan fingerprint density at radius 1 is 1.28 bits per heavy atom. The molecule has 0 aliphatic heterocycles. The van der Waals surface area contributed by atoms with Crippen molar-refractivity contribution in [1.29, 1.82) is 0 Å². The Hall–Kier alpha value is -0.890. The van der Waals surface area contributed by atoms with Crippen LogP contribution in [0.4, 0.5) is 4.39 Å². The van der Waals surface area contributed by atoms with Crippen molar-refractivity contribution >= 4 is 17.4 Å². The molecule has 1 aromatic carbocycles. The van der Waals surface area contributed by atoms with Crippen molar-refractivity contribution in [1.82, 2.24) is 0 Å². The average molecular weight is 269 g/mol. The van der Waals surface area contributed by atoms with Gasteiger partial charge in [-0.2, -0.15) is 0 Å². The number of carbonyl (C=O) groups excluding carboxylic acids is 1. The van der Waals surface area contributed by atoms with Gasteiger partial charge < -0.3 is 0 Å². The van der Waals surface area contributed by atoms with Gasteiger partial charge in [0.25, 0.3) is 0 Å². The Bertz CT molecular complexity index is 425. The van der Waals surface area contributed by atoms with Crippen LogP contribution < -0.4 is 0 Å². The molecule has 0 atom stereocenters. The molecule has 18 heavy (non-hydrogen) atoms. The molecule has 0 saturated heterocycles. The van der Waals surface area contributed by atoms with Gasteiger partial charge in [-0.05, 0) is 23.6 Å². The molecule has 2 rings (SSSR count). The quantitative estimate of drug-likeness (QED) is 0.782. The summed E-state index contributed by atoms with van der Waals surface area (Å²) < 4.78 is 13.0. The van der Waals surface area contributed by atoms with Gasteiger partial charge in [-0.3, -0.25) is 4.79 Å². The molecule has 0 radical (unpaired) electrons. The van der Waals surface area contributed by atoms with E-state index < -0.39 is 5.82 Å². The van der Waals surface area contributed by atoms with E-state index in [0.717, 1.165) is 5.56 Å². The third kappa shape index (κ3) is 3.81. The monoisotopic (exact) mass is 268 g/mol. The molecular weight excluding hydrogens is 251 g/mol. The molecule has 98 valence electrons. The summed E-state index contributed by atoms with van der Waals surface area (Å²) in [6.07, 6.45) is 7.19. The van der Waals surface area contributed by atoms with Crippen molar-refractivity contribution in [2.75, 3.05) is 0 Å². The highest BCUT2D eigenvalue weighted by atomic mass is 35.5. The molecule has 0 N–H and O–H groups in total.